The van der Waals surface area contributed by atoms with E-state index >= 15 is 0 Å². The van der Waals surface area contributed by atoms with Crippen LogP contribution in [-0.4, -0.2) is 94.2 Å². The summed E-state index contributed by atoms with van der Waals surface area (Å²) < 4.78 is 0. The lowest BCUT2D eigenvalue weighted by Crippen LogP contribution is -2.60. The molecule has 11 N–H and O–H groups in total. The molecule has 1 aliphatic heterocycles. The molecule has 0 spiro atoms. The molecule has 0 bridgehead atoms. The summed E-state index contributed by atoms with van der Waals surface area (Å²) in [6, 6.07) is -0.775. The van der Waals surface area contributed by atoms with Gasteiger partial charge in [-0.15, -0.1) is 0 Å². The molecular formula is C31H48N8O8. The molecule has 2 rings (SSSR count). The molecule has 0 saturated carbocycles. The Morgan fingerprint density at radius 2 is 1.38 bits per heavy atom. The van der Waals surface area contributed by atoms with Crippen molar-refractivity contribution in [1.82, 2.24) is 26.2 Å². The zero-order valence-electron chi connectivity index (χ0n) is 27.4. The molecule has 0 aliphatic carbocycles. The van der Waals surface area contributed by atoms with Gasteiger partial charge in [-0.3, -0.25) is 33.6 Å². The van der Waals surface area contributed by atoms with Gasteiger partial charge in [0.1, 0.15) is 36.0 Å². The summed E-state index contributed by atoms with van der Waals surface area (Å²) in [4.78, 5) is 91.3. The third kappa shape index (κ3) is 11.2. The number of phenolic OH excluding ortho intramolecular Hbond substituents is 1. The van der Waals surface area contributed by atoms with Crippen LogP contribution in [-0.2, 0) is 40.0 Å². The fraction of sp³-hybridized carbons (Fsp3) is 0.581. The molecule has 0 unspecified atom stereocenters. The number of nitrogens with two attached hydrogens (primary N) is 3. The molecule has 0 aromatic heterocycles. The number of benzene rings is 1. The molecule has 260 valence electrons. The first-order chi connectivity index (χ1) is 21.9. The van der Waals surface area contributed by atoms with Crippen LogP contribution in [0.2, 0.25) is 0 Å². The minimum absolute atomic E-state index is 0.0173. The lowest BCUT2D eigenvalue weighted by molar-refractivity contribution is -0.143. The topological polar surface area (TPSA) is 269 Å². The molecule has 0 radical (unpaired) electrons. The highest BCUT2D eigenvalue weighted by Crippen LogP contribution is 2.21. The Hall–Kier alpha value is -4.73. The van der Waals surface area contributed by atoms with Crippen LogP contribution in [0.4, 0.5) is 0 Å². The summed E-state index contributed by atoms with van der Waals surface area (Å²) in [6.45, 7) is 8.42. The van der Waals surface area contributed by atoms with Crippen LogP contribution in [0.25, 0.3) is 0 Å². The van der Waals surface area contributed by atoms with Crippen molar-refractivity contribution < 1.29 is 38.7 Å². The molecule has 1 aromatic rings. The second-order valence-electron chi connectivity index (χ2n) is 12.5. The van der Waals surface area contributed by atoms with Crippen LogP contribution in [0.3, 0.4) is 0 Å². The van der Waals surface area contributed by atoms with Crippen molar-refractivity contribution in [3.63, 3.8) is 0 Å². The number of nitrogens with zero attached hydrogens (tertiary/aromatic N) is 1. The molecular weight excluding hydrogens is 612 g/mol. The highest BCUT2D eigenvalue weighted by molar-refractivity contribution is 5.98. The van der Waals surface area contributed by atoms with Gasteiger partial charge in [0.2, 0.25) is 41.4 Å². The molecule has 16 heteroatoms. The predicted octanol–water partition coefficient (Wildman–Crippen LogP) is -2.12. The molecule has 1 aromatic carbocycles. The number of rotatable bonds is 16. The summed E-state index contributed by atoms with van der Waals surface area (Å²) in [7, 11) is 0. The van der Waals surface area contributed by atoms with E-state index in [-0.39, 0.29) is 37.0 Å². The van der Waals surface area contributed by atoms with Gasteiger partial charge in [0, 0.05) is 13.0 Å². The zero-order chi connectivity index (χ0) is 35.6. The Morgan fingerprint density at radius 3 is 1.89 bits per heavy atom. The monoisotopic (exact) mass is 660 g/mol. The number of aromatic hydroxyl groups is 1. The summed E-state index contributed by atoms with van der Waals surface area (Å²) in [5.41, 5.74) is 16.9. The van der Waals surface area contributed by atoms with E-state index < -0.39 is 84.0 Å². The van der Waals surface area contributed by atoms with Gasteiger partial charge in [-0.2, -0.15) is 0 Å². The third-order valence-corrected chi connectivity index (χ3v) is 7.80. The number of carbonyl (C=O) groups is 7. The van der Waals surface area contributed by atoms with Crippen LogP contribution in [0.15, 0.2) is 24.3 Å². The second-order valence-corrected chi connectivity index (χ2v) is 12.5. The molecule has 7 amide bonds. The summed E-state index contributed by atoms with van der Waals surface area (Å²) >= 11 is 0. The number of carbonyl (C=O) groups excluding carboxylic acids is 7. The highest BCUT2D eigenvalue weighted by atomic mass is 16.3. The van der Waals surface area contributed by atoms with E-state index in [9.17, 15) is 38.7 Å². The molecule has 1 aliphatic rings. The van der Waals surface area contributed by atoms with E-state index in [4.69, 9.17) is 17.2 Å². The maximum Gasteiger partial charge on any atom is 0.246 e. The minimum Gasteiger partial charge on any atom is -0.508 e. The van der Waals surface area contributed by atoms with Crippen molar-refractivity contribution in [2.45, 2.75) is 96.6 Å². The van der Waals surface area contributed by atoms with Crippen LogP contribution in [0.5, 0.6) is 5.75 Å². The van der Waals surface area contributed by atoms with Crippen molar-refractivity contribution in [1.29, 1.82) is 0 Å². The number of amides is 7. The van der Waals surface area contributed by atoms with Crippen molar-refractivity contribution >= 4 is 41.4 Å². The van der Waals surface area contributed by atoms with Crippen LogP contribution < -0.4 is 38.5 Å². The number of nitrogens with one attached hydrogen (secondary N) is 4. The summed E-state index contributed by atoms with van der Waals surface area (Å²) in [5.74, 6) is -5.72. The molecule has 16 nitrogen and oxygen atoms in total. The summed E-state index contributed by atoms with van der Waals surface area (Å²) in [5, 5.41) is 20.0. The van der Waals surface area contributed by atoms with Gasteiger partial charge in [-0.1, -0.05) is 39.8 Å². The number of phenols is 1. The SMILES string of the molecule is CC(C)[C@H](NC(=O)[C@@H](NC(=O)[C@@H]1CCCN1C(=O)[C@H](Cc1ccc(O)cc1)NC(=O)[C@H](CC(N)=O)NC(=O)[C@H](C)N)C(C)C)C(N)=O. The first-order valence-corrected chi connectivity index (χ1v) is 15.6. The third-order valence-electron chi connectivity index (χ3n) is 7.80. The standard InChI is InChI=1S/C31H48N8O8/c1-15(2)24(26(34)42)37-30(46)25(16(3)4)38-29(45)22-7-6-12-39(22)31(47)21(13-18-8-10-19(40)11-9-18)36-28(44)20(14-23(33)41)35-27(43)17(5)32/h8-11,15-17,20-22,24-25,40H,6-7,12-14,32H2,1-5H3,(H2,33,41)(H2,34,42)(H,35,43)(H,36,44)(H,37,46)(H,38,45)/t17-,20-,21-,22-,24-,25-/m0/s1. The van der Waals surface area contributed by atoms with E-state index in [0.717, 1.165) is 0 Å². The van der Waals surface area contributed by atoms with Crippen LogP contribution in [0, 0.1) is 11.8 Å². The Bertz CT molecular complexity index is 1320. The van der Waals surface area contributed by atoms with Gasteiger partial charge >= 0.3 is 0 Å². The normalized spacial score (nSPS) is 17.6. The molecule has 47 heavy (non-hydrogen) atoms. The largest absolute Gasteiger partial charge is 0.508 e. The van der Waals surface area contributed by atoms with Crippen molar-refractivity contribution in [2.75, 3.05) is 6.54 Å². The fourth-order valence-corrected chi connectivity index (χ4v) is 5.15. The number of likely N-dealkylation sites (tertiary alicyclic amines) is 1. The number of hydrogen-bond acceptors (Lipinski definition) is 9. The Labute approximate surface area is 273 Å². The van der Waals surface area contributed by atoms with E-state index in [2.05, 4.69) is 21.3 Å². The van der Waals surface area contributed by atoms with Crippen molar-refractivity contribution in [2.24, 2.45) is 29.0 Å². The first kappa shape index (κ1) is 38.5. The molecule has 6 atom stereocenters. The van der Waals surface area contributed by atoms with Gasteiger partial charge < -0.3 is 48.5 Å². The van der Waals surface area contributed by atoms with Gasteiger partial charge in [-0.05, 0) is 49.3 Å². The number of hydrogen-bond donors (Lipinski definition) is 8. The second kappa shape index (κ2) is 17.3. The smallest absolute Gasteiger partial charge is 0.246 e. The molecule has 1 fully saturated rings. The highest BCUT2D eigenvalue weighted by Gasteiger charge is 2.40. The Morgan fingerprint density at radius 1 is 0.809 bits per heavy atom. The lowest BCUT2D eigenvalue weighted by Gasteiger charge is -2.31. The number of primary amides is 2. The molecule has 1 saturated heterocycles. The average molecular weight is 661 g/mol. The minimum atomic E-state index is -1.43. The maximum absolute atomic E-state index is 14.0. The van der Waals surface area contributed by atoms with E-state index in [1.165, 1.54) is 24.0 Å². The first-order valence-electron chi connectivity index (χ1n) is 15.6. The maximum atomic E-state index is 14.0. The fourth-order valence-electron chi connectivity index (χ4n) is 5.15. The van der Waals surface area contributed by atoms with Crippen LogP contribution in [0.1, 0.15) is 59.4 Å². The van der Waals surface area contributed by atoms with E-state index in [1.807, 2.05) is 0 Å². The molecule has 1 heterocycles. The Kier molecular flexibility index (Phi) is 14.1. The Balaban J connectivity index is 2.34. The van der Waals surface area contributed by atoms with Gasteiger partial charge in [0.05, 0.1) is 12.5 Å². The van der Waals surface area contributed by atoms with E-state index in [1.54, 1.807) is 39.8 Å². The van der Waals surface area contributed by atoms with Crippen molar-refractivity contribution in [3.05, 3.63) is 29.8 Å². The van der Waals surface area contributed by atoms with E-state index in [0.29, 0.717) is 12.0 Å². The quantitative estimate of drug-likeness (QED) is 0.0962. The summed E-state index contributed by atoms with van der Waals surface area (Å²) in [6.07, 6.45) is 0.0921. The van der Waals surface area contributed by atoms with Gasteiger partial charge in [0.15, 0.2) is 0 Å². The van der Waals surface area contributed by atoms with Crippen LogP contribution >= 0.6 is 0 Å². The predicted molar refractivity (Wildman–Crippen MR) is 171 cm³/mol. The van der Waals surface area contributed by atoms with Gasteiger partial charge in [-0.25, -0.2) is 0 Å². The zero-order valence-corrected chi connectivity index (χ0v) is 27.4. The lowest BCUT2D eigenvalue weighted by atomic mass is 9.99. The van der Waals surface area contributed by atoms with Gasteiger partial charge in [0.25, 0.3) is 0 Å². The average Bonchev–Trinajstić information content (AvgIpc) is 3.47. The van der Waals surface area contributed by atoms with Crippen molar-refractivity contribution in [3.8, 4) is 5.75 Å².